The number of benzene rings is 1. The monoisotopic (exact) mass is 379 g/mol. The van der Waals surface area contributed by atoms with E-state index in [4.69, 9.17) is 4.74 Å². The highest BCUT2D eigenvalue weighted by molar-refractivity contribution is 5.85. The predicted molar refractivity (Wildman–Crippen MR) is 100 cm³/mol. The first-order chi connectivity index (χ1) is 12.2. The SMILES string of the molecule is Cl.O=C(COc1ccc(F)cc1)N1CCN(CCc2ccccn2)CC1. The molecular formula is C19H23ClFN3O2. The summed E-state index contributed by atoms with van der Waals surface area (Å²) in [6.45, 7) is 4.05. The largest absolute Gasteiger partial charge is 0.484 e. The maximum absolute atomic E-state index is 12.8. The quantitative estimate of drug-likeness (QED) is 0.773. The molecule has 2 heterocycles. The van der Waals surface area contributed by atoms with Crippen molar-refractivity contribution >= 4 is 18.3 Å². The summed E-state index contributed by atoms with van der Waals surface area (Å²) in [4.78, 5) is 20.7. The van der Waals surface area contributed by atoms with Gasteiger partial charge in [0, 0.05) is 51.0 Å². The summed E-state index contributed by atoms with van der Waals surface area (Å²) in [6.07, 6.45) is 2.73. The number of halogens is 2. The molecule has 1 saturated heterocycles. The van der Waals surface area contributed by atoms with Crippen molar-refractivity contribution in [3.05, 3.63) is 60.2 Å². The van der Waals surface area contributed by atoms with Gasteiger partial charge in [0.1, 0.15) is 11.6 Å². The number of nitrogens with zero attached hydrogens (tertiary/aromatic N) is 3. The van der Waals surface area contributed by atoms with Crippen LogP contribution in [0.5, 0.6) is 5.75 Å². The number of piperazine rings is 1. The van der Waals surface area contributed by atoms with E-state index in [1.165, 1.54) is 24.3 Å². The molecule has 0 unspecified atom stereocenters. The summed E-state index contributed by atoms with van der Waals surface area (Å²) in [5.41, 5.74) is 1.09. The minimum atomic E-state index is -0.319. The van der Waals surface area contributed by atoms with Crippen LogP contribution in [0.25, 0.3) is 0 Å². The van der Waals surface area contributed by atoms with E-state index in [9.17, 15) is 9.18 Å². The summed E-state index contributed by atoms with van der Waals surface area (Å²) in [5, 5.41) is 0. The molecule has 0 radical (unpaired) electrons. The fourth-order valence-electron chi connectivity index (χ4n) is 2.81. The van der Waals surface area contributed by atoms with Crippen LogP contribution in [-0.2, 0) is 11.2 Å². The first-order valence-corrected chi connectivity index (χ1v) is 8.49. The van der Waals surface area contributed by atoms with Crippen molar-refractivity contribution in [2.75, 3.05) is 39.3 Å². The third kappa shape index (κ3) is 5.97. The van der Waals surface area contributed by atoms with Crippen LogP contribution in [0.3, 0.4) is 0 Å². The van der Waals surface area contributed by atoms with Crippen LogP contribution < -0.4 is 4.74 Å². The minimum absolute atomic E-state index is 0. The van der Waals surface area contributed by atoms with E-state index in [0.717, 1.165) is 31.7 Å². The molecule has 0 aliphatic carbocycles. The molecule has 5 nitrogen and oxygen atoms in total. The molecule has 1 aromatic heterocycles. The van der Waals surface area contributed by atoms with E-state index in [2.05, 4.69) is 9.88 Å². The van der Waals surface area contributed by atoms with Crippen LogP contribution >= 0.6 is 12.4 Å². The summed E-state index contributed by atoms with van der Waals surface area (Å²) >= 11 is 0. The normalized spacial score (nSPS) is 14.6. The number of hydrogen-bond acceptors (Lipinski definition) is 4. The Morgan fingerprint density at radius 3 is 2.46 bits per heavy atom. The number of aromatic nitrogens is 1. The number of carbonyl (C=O) groups is 1. The Morgan fingerprint density at radius 1 is 1.08 bits per heavy atom. The topological polar surface area (TPSA) is 45.7 Å². The van der Waals surface area contributed by atoms with Crippen molar-refractivity contribution in [2.45, 2.75) is 6.42 Å². The van der Waals surface area contributed by atoms with Crippen LogP contribution in [-0.4, -0.2) is 60.0 Å². The molecule has 1 aliphatic rings. The van der Waals surface area contributed by atoms with Gasteiger partial charge in [0.2, 0.25) is 0 Å². The molecule has 0 spiro atoms. The average Bonchev–Trinajstić information content (AvgIpc) is 2.67. The van der Waals surface area contributed by atoms with Gasteiger partial charge >= 0.3 is 0 Å². The highest BCUT2D eigenvalue weighted by Crippen LogP contribution is 2.11. The molecule has 0 bridgehead atoms. The molecule has 0 saturated carbocycles. The third-order valence-corrected chi connectivity index (χ3v) is 4.31. The van der Waals surface area contributed by atoms with Gasteiger partial charge in [-0.15, -0.1) is 12.4 Å². The molecule has 140 valence electrons. The van der Waals surface area contributed by atoms with E-state index in [1.54, 1.807) is 0 Å². The van der Waals surface area contributed by atoms with Gasteiger partial charge in [0.05, 0.1) is 0 Å². The Balaban J connectivity index is 0.00000243. The highest BCUT2D eigenvalue weighted by atomic mass is 35.5. The molecule has 7 heteroatoms. The van der Waals surface area contributed by atoms with Crippen molar-refractivity contribution < 1.29 is 13.9 Å². The van der Waals surface area contributed by atoms with Crippen LogP contribution in [0, 0.1) is 5.82 Å². The Labute approximate surface area is 159 Å². The predicted octanol–water partition coefficient (Wildman–Crippen LogP) is 2.41. The second-order valence-corrected chi connectivity index (χ2v) is 6.04. The van der Waals surface area contributed by atoms with Crippen LogP contribution in [0.4, 0.5) is 4.39 Å². The fourth-order valence-corrected chi connectivity index (χ4v) is 2.81. The zero-order chi connectivity index (χ0) is 17.5. The lowest BCUT2D eigenvalue weighted by molar-refractivity contribution is -0.135. The van der Waals surface area contributed by atoms with Crippen molar-refractivity contribution in [1.29, 1.82) is 0 Å². The Kier molecular flexibility index (Phi) is 7.81. The number of amides is 1. The Bertz CT molecular complexity index is 677. The van der Waals surface area contributed by atoms with Crippen LogP contribution in [0.2, 0.25) is 0 Å². The van der Waals surface area contributed by atoms with Gasteiger partial charge in [-0.3, -0.25) is 14.7 Å². The van der Waals surface area contributed by atoms with E-state index in [0.29, 0.717) is 18.8 Å². The smallest absolute Gasteiger partial charge is 0.260 e. The second kappa shape index (κ2) is 10.1. The van der Waals surface area contributed by atoms with E-state index in [1.807, 2.05) is 29.3 Å². The van der Waals surface area contributed by atoms with Crippen molar-refractivity contribution in [3.8, 4) is 5.75 Å². The zero-order valence-electron chi connectivity index (χ0n) is 14.5. The molecule has 1 fully saturated rings. The number of carbonyl (C=O) groups excluding carboxylic acids is 1. The lowest BCUT2D eigenvalue weighted by atomic mass is 10.2. The van der Waals surface area contributed by atoms with Gasteiger partial charge < -0.3 is 9.64 Å². The Hall–Kier alpha value is -2.18. The maximum atomic E-state index is 12.8. The van der Waals surface area contributed by atoms with Gasteiger partial charge in [-0.25, -0.2) is 4.39 Å². The average molecular weight is 380 g/mol. The van der Waals surface area contributed by atoms with Gasteiger partial charge in [-0.2, -0.15) is 0 Å². The molecule has 1 amide bonds. The summed E-state index contributed by atoms with van der Waals surface area (Å²) in [6, 6.07) is 11.6. The van der Waals surface area contributed by atoms with Gasteiger partial charge in [-0.05, 0) is 36.4 Å². The fraction of sp³-hybridized carbons (Fsp3) is 0.368. The maximum Gasteiger partial charge on any atom is 0.260 e. The second-order valence-electron chi connectivity index (χ2n) is 6.04. The van der Waals surface area contributed by atoms with Crippen LogP contribution in [0.15, 0.2) is 48.7 Å². The van der Waals surface area contributed by atoms with Gasteiger partial charge in [-0.1, -0.05) is 6.07 Å². The summed E-state index contributed by atoms with van der Waals surface area (Å²) in [5.74, 6) is 0.151. The number of pyridine rings is 1. The van der Waals surface area contributed by atoms with Crippen LogP contribution in [0.1, 0.15) is 5.69 Å². The number of hydrogen-bond donors (Lipinski definition) is 0. The Morgan fingerprint density at radius 2 is 1.81 bits per heavy atom. The molecule has 2 aromatic rings. The van der Waals surface area contributed by atoms with E-state index >= 15 is 0 Å². The molecule has 3 rings (SSSR count). The number of rotatable bonds is 6. The van der Waals surface area contributed by atoms with Gasteiger partial charge in [0.25, 0.3) is 5.91 Å². The minimum Gasteiger partial charge on any atom is -0.484 e. The summed E-state index contributed by atoms with van der Waals surface area (Å²) in [7, 11) is 0. The van der Waals surface area contributed by atoms with E-state index in [-0.39, 0.29) is 30.7 Å². The first-order valence-electron chi connectivity index (χ1n) is 8.49. The lowest BCUT2D eigenvalue weighted by Crippen LogP contribution is -2.50. The molecule has 1 aliphatic heterocycles. The van der Waals surface area contributed by atoms with Crippen molar-refractivity contribution in [2.24, 2.45) is 0 Å². The van der Waals surface area contributed by atoms with Gasteiger partial charge in [0.15, 0.2) is 6.61 Å². The molecule has 1 aromatic carbocycles. The third-order valence-electron chi connectivity index (χ3n) is 4.31. The molecule has 0 N–H and O–H groups in total. The molecule has 26 heavy (non-hydrogen) atoms. The lowest BCUT2D eigenvalue weighted by Gasteiger charge is -2.34. The van der Waals surface area contributed by atoms with Crippen molar-refractivity contribution in [3.63, 3.8) is 0 Å². The zero-order valence-corrected chi connectivity index (χ0v) is 15.3. The van der Waals surface area contributed by atoms with Crippen molar-refractivity contribution in [1.82, 2.24) is 14.8 Å². The molecule has 0 atom stereocenters. The number of ether oxygens (including phenoxy) is 1. The molecular weight excluding hydrogens is 357 g/mol. The van der Waals surface area contributed by atoms with E-state index < -0.39 is 0 Å². The summed E-state index contributed by atoms with van der Waals surface area (Å²) < 4.78 is 18.3. The first kappa shape index (κ1) is 20.1. The highest BCUT2D eigenvalue weighted by Gasteiger charge is 2.21. The standard InChI is InChI=1S/C19H22FN3O2.ClH/c20-16-4-6-18(7-5-16)25-15-19(24)23-13-11-22(12-14-23)10-8-17-3-1-2-9-21-17;/h1-7,9H,8,10-15H2;1H.